The molecule has 0 radical (unpaired) electrons. The minimum absolute atomic E-state index is 0.0868. The van der Waals surface area contributed by atoms with Gasteiger partial charge in [-0.05, 0) is 12.5 Å². The normalized spacial score (nSPS) is 22.5. The summed E-state index contributed by atoms with van der Waals surface area (Å²) in [4.78, 5) is 12.2. The van der Waals surface area contributed by atoms with E-state index >= 15 is 0 Å². The summed E-state index contributed by atoms with van der Waals surface area (Å²) in [5.74, 6) is 1.95. The van der Waals surface area contributed by atoms with Crippen molar-refractivity contribution in [1.82, 2.24) is 14.5 Å². The van der Waals surface area contributed by atoms with Gasteiger partial charge < -0.3 is 18.9 Å². The van der Waals surface area contributed by atoms with Crippen molar-refractivity contribution in [2.45, 2.75) is 38.6 Å². The lowest BCUT2D eigenvalue weighted by atomic mass is 9.95. The van der Waals surface area contributed by atoms with Crippen LogP contribution >= 0.6 is 0 Å². The molecule has 0 amide bonds. The Balaban J connectivity index is 1.86. The van der Waals surface area contributed by atoms with E-state index < -0.39 is 0 Å². The van der Waals surface area contributed by atoms with Gasteiger partial charge >= 0.3 is 0 Å². The number of ether oxygens (including phenoxy) is 2. The van der Waals surface area contributed by atoms with Crippen LogP contribution in [0.5, 0.6) is 0 Å². The summed E-state index contributed by atoms with van der Waals surface area (Å²) in [7, 11) is 0. The van der Waals surface area contributed by atoms with Crippen molar-refractivity contribution < 1.29 is 9.47 Å². The van der Waals surface area contributed by atoms with E-state index in [0.29, 0.717) is 6.04 Å². The van der Waals surface area contributed by atoms with E-state index in [1.165, 1.54) is 0 Å². The fraction of sp³-hybridized carbons (Fsp3) is 0.667. The number of morpholine rings is 1. The largest absolute Gasteiger partial charge is 0.379 e. The van der Waals surface area contributed by atoms with Crippen LogP contribution < -0.4 is 4.90 Å². The number of hydrogen-bond acceptors (Lipinski definition) is 5. The summed E-state index contributed by atoms with van der Waals surface area (Å²) in [6.45, 7) is 11.4. The predicted molar refractivity (Wildman–Crippen MR) is 93.7 cm³/mol. The highest BCUT2D eigenvalue weighted by molar-refractivity contribution is 5.88. The van der Waals surface area contributed by atoms with Crippen molar-refractivity contribution in [2.24, 2.45) is 0 Å². The Bertz CT molecular complexity index is 722. The first kappa shape index (κ1) is 15.8. The molecule has 2 aliphatic heterocycles. The maximum atomic E-state index is 5.58. The molecule has 0 saturated carbocycles. The van der Waals surface area contributed by atoms with E-state index in [-0.39, 0.29) is 5.41 Å². The Hall–Kier alpha value is -1.66. The molecule has 2 aliphatic rings. The molecule has 2 aromatic rings. The minimum Gasteiger partial charge on any atom is -0.379 e. The predicted octanol–water partition coefficient (Wildman–Crippen LogP) is 2.53. The van der Waals surface area contributed by atoms with Gasteiger partial charge in [0.05, 0.1) is 31.2 Å². The van der Waals surface area contributed by atoms with Crippen LogP contribution in [0.25, 0.3) is 11.0 Å². The fourth-order valence-corrected chi connectivity index (χ4v) is 3.41. The number of hydrogen-bond donors (Lipinski definition) is 0. The van der Waals surface area contributed by atoms with E-state index in [4.69, 9.17) is 19.4 Å². The highest BCUT2D eigenvalue weighted by atomic mass is 16.5. The Kier molecular flexibility index (Phi) is 3.96. The maximum Gasteiger partial charge on any atom is 0.146 e. The number of rotatable bonds is 2. The molecule has 1 unspecified atom stereocenters. The molecule has 0 spiro atoms. The van der Waals surface area contributed by atoms with Crippen molar-refractivity contribution in [3.8, 4) is 0 Å². The van der Waals surface area contributed by atoms with E-state index in [0.717, 1.165) is 68.6 Å². The lowest BCUT2D eigenvalue weighted by molar-refractivity contribution is 0.122. The molecule has 4 rings (SSSR count). The minimum atomic E-state index is -0.0868. The van der Waals surface area contributed by atoms with Crippen molar-refractivity contribution in [2.75, 3.05) is 44.4 Å². The molecule has 1 atom stereocenters. The number of nitrogens with zero attached hydrogens (tertiary/aromatic N) is 4. The molecular weight excluding hydrogens is 304 g/mol. The zero-order chi connectivity index (χ0) is 16.7. The molecule has 6 nitrogen and oxygen atoms in total. The second-order valence-electron chi connectivity index (χ2n) is 7.70. The maximum absolute atomic E-state index is 5.58. The standard InChI is InChI=1S/C18H26N4O2/c1-18(2,3)17-19-15(21-7-10-23-11-8-21)14-4-6-22(16(14)20-17)13-5-9-24-12-13/h4,6,13H,5,7-12H2,1-3H3. The van der Waals surface area contributed by atoms with E-state index in [1.54, 1.807) is 0 Å². The van der Waals surface area contributed by atoms with Crippen molar-refractivity contribution in [3.63, 3.8) is 0 Å². The van der Waals surface area contributed by atoms with Gasteiger partial charge in [-0.2, -0.15) is 0 Å². The Labute approximate surface area is 142 Å². The summed E-state index contributed by atoms with van der Waals surface area (Å²) in [6, 6.07) is 2.54. The van der Waals surface area contributed by atoms with Crippen LogP contribution in [-0.4, -0.2) is 54.1 Å². The van der Waals surface area contributed by atoms with E-state index in [9.17, 15) is 0 Å². The average molecular weight is 330 g/mol. The molecule has 0 aromatic carbocycles. The fourth-order valence-electron chi connectivity index (χ4n) is 3.41. The molecule has 6 heteroatoms. The topological polar surface area (TPSA) is 52.4 Å². The van der Waals surface area contributed by atoms with Gasteiger partial charge in [0, 0.05) is 31.3 Å². The highest BCUT2D eigenvalue weighted by Gasteiger charge is 2.26. The molecule has 2 saturated heterocycles. The zero-order valence-corrected chi connectivity index (χ0v) is 14.8. The quantitative estimate of drug-likeness (QED) is 0.847. The van der Waals surface area contributed by atoms with Crippen LogP contribution in [0.3, 0.4) is 0 Å². The van der Waals surface area contributed by atoms with E-state index in [1.807, 2.05) is 0 Å². The SMILES string of the molecule is CC(C)(C)c1nc(N2CCOCC2)c2ccn(C3CCOC3)c2n1. The molecule has 2 fully saturated rings. The second kappa shape index (κ2) is 6.01. The molecule has 0 N–H and O–H groups in total. The number of aromatic nitrogens is 3. The first-order chi connectivity index (χ1) is 11.5. The first-order valence-corrected chi connectivity index (χ1v) is 8.83. The summed E-state index contributed by atoms with van der Waals surface area (Å²) in [6.07, 6.45) is 3.20. The van der Waals surface area contributed by atoms with Crippen LogP contribution in [0.15, 0.2) is 12.3 Å². The van der Waals surface area contributed by atoms with Gasteiger partial charge in [0.25, 0.3) is 0 Å². The highest BCUT2D eigenvalue weighted by Crippen LogP contribution is 2.32. The Morgan fingerprint density at radius 2 is 1.88 bits per heavy atom. The Morgan fingerprint density at radius 1 is 1.08 bits per heavy atom. The summed E-state index contributed by atoms with van der Waals surface area (Å²) < 4.78 is 13.4. The third-order valence-electron chi connectivity index (χ3n) is 4.83. The van der Waals surface area contributed by atoms with Crippen LogP contribution in [0.4, 0.5) is 5.82 Å². The molecule has 130 valence electrons. The summed E-state index contributed by atoms with van der Waals surface area (Å²) in [5, 5.41) is 1.14. The average Bonchev–Trinajstić information content (AvgIpc) is 3.22. The van der Waals surface area contributed by atoms with Gasteiger partial charge in [-0.25, -0.2) is 9.97 Å². The first-order valence-electron chi connectivity index (χ1n) is 8.83. The summed E-state index contributed by atoms with van der Waals surface area (Å²) in [5.41, 5.74) is 0.947. The van der Waals surface area contributed by atoms with Crippen molar-refractivity contribution in [1.29, 1.82) is 0 Å². The molecule has 0 bridgehead atoms. The van der Waals surface area contributed by atoms with Gasteiger partial charge in [-0.15, -0.1) is 0 Å². The summed E-state index contributed by atoms with van der Waals surface area (Å²) >= 11 is 0. The van der Waals surface area contributed by atoms with Gasteiger partial charge in [-0.1, -0.05) is 20.8 Å². The molecule has 4 heterocycles. The lowest BCUT2D eigenvalue weighted by Crippen LogP contribution is -2.37. The zero-order valence-electron chi connectivity index (χ0n) is 14.8. The molecular formula is C18H26N4O2. The molecule has 0 aliphatic carbocycles. The number of fused-ring (bicyclic) bond motifs is 1. The third-order valence-corrected chi connectivity index (χ3v) is 4.83. The lowest BCUT2D eigenvalue weighted by Gasteiger charge is -2.29. The van der Waals surface area contributed by atoms with Crippen molar-refractivity contribution >= 4 is 16.9 Å². The van der Waals surface area contributed by atoms with Gasteiger partial charge in [0.1, 0.15) is 17.3 Å². The van der Waals surface area contributed by atoms with Gasteiger partial charge in [0.15, 0.2) is 0 Å². The number of anilines is 1. The van der Waals surface area contributed by atoms with Crippen LogP contribution in [0, 0.1) is 0 Å². The monoisotopic (exact) mass is 330 g/mol. The van der Waals surface area contributed by atoms with Crippen LogP contribution in [-0.2, 0) is 14.9 Å². The molecule has 24 heavy (non-hydrogen) atoms. The second-order valence-corrected chi connectivity index (χ2v) is 7.70. The van der Waals surface area contributed by atoms with Gasteiger partial charge in [-0.3, -0.25) is 0 Å². The van der Waals surface area contributed by atoms with Crippen LogP contribution in [0.1, 0.15) is 39.1 Å². The molecule has 2 aromatic heterocycles. The van der Waals surface area contributed by atoms with Gasteiger partial charge in [0.2, 0.25) is 0 Å². The van der Waals surface area contributed by atoms with Crippen LogP contribution in [0.2, 0.25) is 0 Å². The van der Waals surface area contributed by atoms with Crippen molar-refractivity contribution in [3.05, 3.63) is 18.1 Å². The van der Waals surface area contributed by atoms with E-state index in [2.05, 4.69) is 42.5 Å². The third kappa shape index (κ3) is 2.78. The Morgan fingerprint density at radius 3 is 2.54 bits per heavy atom. The smallest absolute Gasteiger partial charge is 0.146 e.